The standard InChI is InChI=1S/C19H22N4O4/c1-11-12(2)20-19(22-17(11)24)21-14-5-7-23(8-6-14)18(25)13-3-4-15-16(9-13)27-10-26-15/h3-4,9,14H,5-8,10H2,1-2H3,(H2,20,21,22,24). The molecule has 2 N–H and O–H groups in total. The number of likely N-dealkylation sites (tertiary alicyclic amines) is 1. The number of benzene rings is 1. The van der Waals surface area contributed by atoms with E-state index in [1.165, 1.54) is 0 Å². The van der Waals surface area contributed by atoms with Gasteiger partial charge < -0.3 is 19.7 Å². The molecular formula is C19H22N4O4. The van der Waals surface area contributed by atoms with Gasteiger partial charge in [-0.3, -0.25) is 14.6 Å². The Morgan fingerprint density at radius 1 is 1.22 bits per heavy atom. The molecule has 0 saturated carbocycles. The van der Waals surface area contributed by atoms with E-state index in [1.807, 2.05) is 11.8 Å². The molecule has 0 unspecified atom stereocenters. The van der Waals surface area contributed by atoms with Crippen molar-refractivity contribution >= 4 is 11.9 Å². The van der Waals surface area contributed by atoms with Gasteiger partial charge in [-0.2, -0.15) is 0 Å². The van der Waals surface area contributed by atoms with E-state index in [2.05, 4.69) is 15.3 Å². The first kappa shape index (κ1) is 17.4. The molecule has 27 heavy (non-hydrogen) atoms. The van der Waals surface area contributed by atoms with E-state index in [0.29, 0.717) is 41.7 Å². The van der Waals surface area contributed by atoms with Crippen molar-refractivity contribution in [1.82, 2.24) is 14.9 Å². The second-order valence-electron chi connectivity index (χ2n) is 6.90. The highest BCUT2D eigenvalue weighted by Gasteiger charge is 2.25. The number of anilines is 1. The second kappa shape index (κ2) is 6.94. The van der Waals surface area contributed by atoms with Crippen molar-refractivity contribution in [3.8, 4) is 11.5 Å². The minimum Gasteiger partial charge on any atom is -0.454 e. The van der Waals surface area contributed by atoms with Crippen LogP contribution in [0.3, 0.4) is 0 Å². The molecule has 0 radical (unpaired) electrons. The number of aromatic amines is 1. The lowest BCUT2D eigenvalue weighted by Gasteiger charge is -2.32. The largest absolute Gasteiger partial charge is 0.454 e. The fraction of sp³-hybridized carbons (Fsp3) is 0.421. The van der Waals surface area contributed by atoms with Crippen LogP contribution >= 0.6 is 0 Å². The van der Waals surface area contributed by atoms with Gasteiger partial charge in [0.05, 0.1) is 0 Å². The molecule has 3 heterocycles. The van der Waals surface area contributed by atoms with Gasteiger partial charge in [-0.25, -0.2) is 4.98 Å². The van der Waals surface area contributed by atoms with Gasteiger partial charge in [0.1, 0.15) is 0 Å². The Morgan fingerprint density at radius 2 is 1.96 bits per heavy atom. The van der Waals surface area contributed by atoms with Crippen LogP contribution in [0.15, 0.2) is 23.0 Å². The Kier molecular flexibility index (Phi) is 4.47. The average Bonchev–Trinajstić information content (AvgIpc) is 3.14. The number of ether oxygens (including phenoxy) is 2. The van der Waals surface area contributed by atoms with Crippen molar-refractivity contribution < 1.29 is 14.3 Å². The van der Waals surface area contributed by atoms with Crippen LogP contribution in [-0.4, -0.2) is 46.7 Å². The van der Waals surface area contributed by atoms with Crippen LogP contribution in [0.5, 0.6) is 11.5 Å². The summed E-state index contributed by atoms with van der Waals surface area (Å²) in [6, 6.07) is 5.44. The molecule has 1 fully saturated rings. The number of H-pyrrole nitrogens is 1. The van der Waals surface area contributed by atoms with E-state index in [0.717, 1.165) is 18.5 Å². The van der Waals surface area contributed by atoms with Crippen LogP contribution in [0.4, 0.5) is 5.95 Å². The first-order valence-electron chi connectivity index (χ1n) is 9.04. The molecule has 2 aromatic rings. The van der Waals surface area contributed by atoms with Gasteiger partial charge in [0, 0.05) is 36.0 Å². The normalized spacial score (nSPS) is 16.4. The van der Waals surface area contributed by atoms with E-state index in [9.17, 15) is 9.59 Å². The zero-order chi connectivity index (χ0) is 19.0. The van der Waals surface area contributed by atoms with Crippen molar-refractivity contribution in [2.24, 2.45) is 0 Å². The molecule has 8 nitrogen and oxygen atoms in total. The number of hydrogen-bond acceptors (Lipinski definition) is 6. The number of hydrogen-bond donors (Lipinski definition) is 2. The number of aromatic nitrogens is 2. The predicted molar refractivity (Wildman–Crippen MR) is 99.4 cm³/mol. The van der Waals surface area contributed by atoms with E-state index in [-0.39, 0.29) is 24.3 Å². The Balaban J connectivity index is 1.37. The van der Waals surface area contributed by atoms with Crippen molar-refractivity contribution in [2.75, 3.05) is 25.2 Å². The highest BCUT2D eigenvalue weighted by molar-refractivity contribution is 5.95. The summed E-state index contributed by atoms with van der Waals surface area (Å²) in [5.41, 5.74) is 1.83. The minimum atomic E-state index is -0.125. The van der Waals surface area contributed by atoms with Crippen LogP contribution in [-0.2, 0) is 0 Å². The maximum absolute atomic E-state index is 12.7. The summed E-state index contributed by atoms with van der Waals surface area (Å²) in [6.45, 7) is 5.05. The Morgan fingerprint density at radius 3 is 2.70 bits per heavy atom. The van der Waals surface area contributed by atoms with Crippen molar-refractivity contribution in [2.45, 2.75) is 32.7 Å². The van der Waals surface area contributed by atoms with Crippen LogP contribution in [0.2, 0.25) is 0 Å². The fourth-order valence-electron chi connectivity index (χ4n) is 3.35. The number of nitrogens with zero attached hydrogens (tertiary/aromatic N) is 2. The Bertz CT molecular complexity index is 932. The lowest BCUT2D eigenvalue weighted by atomic mass is 10.0. The number of piperidine rings is 1. The van der Waals surface area contributed by atoms with Crippen LogP contribution < -0.4 is 20.3 Å². The number of aryl methyl sites for hydroxylation is 1. The first-order valence-corrected chi connectivity index (χ1v) is 9.04. The molecule has 1 saturated heterocycles. The summed E-state index contributed by atoms with van der Waals surface area (Å²) in [6.07, 6.45) is 1.57. The molecule has 1 aromatic carbocycles. The molecule has 4 rings (SSSR count). The third kappa shape index (κ3) is 3.47. The summed E-state index contributed by atoms with van der Waals surface area (Å²) in [4.78, 5) is 33.6. The molecule has 0 aliphatic carbocycles. The van der Waals surface area contributed by atoms with Gasteiger partial charge in [0.25, 0.3) is 11.5 Å². The van der Waals surface area contributed by atoms with Crippen LogP contribution in [0.25, 0.3) is 0 Å². The number of fused-ring (bicyclic) bond motifs is 1. The number of rotatable bonds is 3. The lowest BCUT2D eigenvalue weighted by Crippen LogP contribution is -2.42. The van der Waals surface area contributed by atoms with Crippen LogP contribution in [0, 0.1) is 13.8 Å². The van der Waals surface area contributed by atoms with Crippen molar-refractivity contribution in [1.29, 1.82) is 0 Å². The SMILES string of the molecule is Cc1nc(NC2CCN(C(=O)c3ccc4c(c3)OCO4)CC2)[nH]c(=O)c1C. The fourth-order valence-corrected chi connectivity index (χ4v) is 3.35. The Labute approximate surface area is 156 Å². The summed E-state index contributed by atoms with van der Waals surface area (Å²) in [5.74, 6) is 1.76. The molecule has 1 aromatic heterocycles. The maximum atomic E-state index is 12.7. The minimum absolute atomic E-state index is 0.00976. The summed E-state index contributed by atoms with van der Waals surface area (Å²) in [5, 5.41) is 3.28. The Hall–Kier alpha value is -3.03. The van der Waals surface area contributed by atoms with Crippen molar-refractivity contribution in [3.05, 3.63) is 45.4 Å². The zero-order valence-corrected chi connectivity index (χ0v) is 15.4. The molecule has 8 heteroatoms. The van der Waals surface area contributed by atoms with E-state index < -0.39 is 0 Å². The van der Waals surface area contributed by atoms with Gasteiger partial charge >= 0.3 is 0 Å². The highest BCUT2D eigenvalue weighted by Crippen LogP contribution is 2.33. The number of carbonyl (C=O) groups is 1. The average molecular weight is 370 g/mol. The van der Waals surface area contributed by atoms with Gasteiger partial charge in [0.2, 0.25) is 12.7 Å². The third-order valence-electron chi connectivity index (χ3n) is 5.14. The summed E-state index contributed by atoms with van der Waals surface area (Å²) in [7, 11) is 0. The molecule has 2 aliphatic heterocycles. The summed E-state index contributed by atoms with van der Waals surface area (Å²) < 4.78 is 10.6. The van der Waals surface area contributed by atoms with Crippen molar-refractivity contribution in [3.63, 3.8) is 0 Å². The van der Waals surface area contributed by atoms with E-state index in [1.54, 1.807) is 25.1 Å². The van der Waals surface area contributed by atoms with Gasteiger partial charge in [0.15, 0.2) is 11.5 Å². The van der Waals surface area contributed by atoms with E-state index >= 15 is 0 Å². The maximum Gasteiger partial charge on any atom is 0.255 e. The quantitative estimate of drug-likeness (QED) is 0.856. The molecular weight excluding hydrogens is 348 g/mol. The van der Waals surface area contributed by atoms with Gasteiger partial charge in [-0.15, -0.1) is 0 Å². The summed E-state index contributed by atoms with van der Waals surface area (Å²) >= 11 is 0. The zero-order valence-electron chi connectivity index (χ0n) is 15.4. The molecule has 142 valence electrons. The number of carbonyl (C=O) groups excluding carboxylic acids is 1. The predicted octanol–water partition coefficient (Wildman–Crippen LogP) is 1.83. The first-order chi connectivity index (χ1) is 13.0. The van der Waals surface area contributed by atoms with Crippen LogP contribution in [0.1, 0.15) is 34.5 Å². The number of nitrogens with one attached hydrogen (secondary N) is 2. The van der Waals surface area contributed by atoms with Gasteiger partial charge in [-0.05, 0) is 44.9 Å². The second-order valence-corrected chi connectivity index (χ2v) is 6.90. The number of amides is 1. The smallest absolute Gasteiger partial charge is 0.255 e. The third-order valence-corrected chi connectivity index (χ3v) is 5.14. The van der Waals surface area contributed by atoms with Gasteiger partial charge in [-0.1, -0.05) is 0 Å². The molecule has 0 atom stereocenters. The highest BCUT2D eigenvalue weighted by atomic mass is 16.7. The molecule has 0 spiro atoms. The molecule has 1 amide bonds. The van der Waals surface area contributed by atoms with E-state index in [4.69, 9.17) is 9.47 Å². The monoisotopic (exact) mass is 370 g/mol. The lowest BCUT2D eigenvalue weighted by molar-refractivity contribution is 0.0718. The molecule has 0 bridgehead atoms. The topological polar surface area (TPSA) is 96.6 Å². The molecule has 2 aliphatic rings.